The quantitative estimate of drug-likeness (QED) is 0.768. The van der Waals surface area contributed by atoms with Crippen LogP contribution in [0.5, 0.6) is 0 Å². The molecule has 0 bridgehead atoms. The molecule has 2 heteroatoms. The highest BCUT2D eigenvalue weighted by Crippen LogP contribution is 2.41. The maximum Gasteiger partial charge on any atom is 0.0193 e. The van der Waals surface area contributed by atoms with Crippen LogP contribution in [0.4, 0.5) is 0 Å². The molecule has 2 rings (SSSR count). The first-order chi connectivity index (χ1) is 7.26. The van der Waals surface area contributed by atoms with E-state index in [4.69, 9.17) is 0 Å². The van der Waals surface area contributed by atoms with Gasteiger partial charge in [0.1, 0.15) is 0 Å². The van der Waals surface area contributed by atoms with Crippen molar-refractivity contribution in [3.63, 3.8) is 0 Å². The zero-order valence-electron chi connectivity index (χ0n) is 10.4. The Balaban J connectivity index is 1.93. The zero-order chi connectivity index (χ0) is 10.7. The summed E-state index contributed by atoms with van der Waals surface area (Å²) in [5.74, 6) is 0. The standard InChI is InChI=1S/C13H26N2/c1-3-13(6-4-5-7-13)11-15-9-8-14-10-12(15)2/h12,14H,3-11H2,1-2H3. The van der Waals surface area contributed by atoms with E-state index < -0.39 is 0 Å². The Kier molecular flexibility index (Phi) is 3.68. The van der Waals surface area contributed by atoms with Gasteiger partial charge in [0.25, 0.3) is 0 Å². The molecular formula is C13H26N2. The van der Waals surface area contributed by atoms with Gasteiger partial charge < -0.3 is 5.32 Å². The lowest BCUT2D eigenvalue weighted by molar-refractivity contribution is 0.0955. The molecule has 2 nitrogen and oxygen atoms in total. The van der Waals surface area contributed by atoms with E-state index >= 15 is 0 Å². The second kappa shape index (κ2) is 4.84. The first-order valence-electron chi connectivity index (χ1n) is 6.70. The fourth-order valence-electron chi connectivity index (χ4n) is 3.30. The number of rotatable bonds is 3. The van der Waals surface area contributed by atoms with E-state index in [2.05, 4.69) is 24.1 Å². The van der Waals surface area contributed by atoms with Gasteiger partial charge in [0, 0.05) is 32.2 Å². The highest BCUT2D eigenvalue weighted by Gasteiger charge is 2.35. The van der Waals surface area contributed by atoms with Crippen LogP contribution >= 0.6 is 0 Å². The second-order valence-electron chi connectivity index (χ2n) is 5.58. The Morgan fingerprint density at radius 2 is 2.07 bits per heavy atom. The lowest BCUT2D eigenvalue weighted by Crippen LogP contribution is -2.52. The van der Waals surface area contributed by atoms with Crippen molar-refractivity contribution in [3.05, 3.63) is 0 Å². The molecule has 1 heterocycles. The van der Waals surface area contributed by atoms with Crippen molar-refractivity contribution in [2.45, 2.75) is 52.0 Å². The third-order valence-electron chi connectivity index (χ3n) is 4.59. The molecule has 1 aliphatic heterocycles. The van der Waals surface area contributed by atoms with E-state index in [9.17, 15) is 0 Å². The summed E-state index contributed by atoms with van der Waals surface area (Å²) in [4.78, 5) is 2.71. The van der Waals surface area contributed by atoms with Gasteiger partial charge in [0.2, 0.25) is 0 Å². The Labute approximate surface area is 94.4 Å². The summed E-state index contributed by atoms with van der Waals surface area (Å²) in [6.45, 7) is 9.72. The van der Waals surface area contributed by atoms with Crippen molar-refractivity contribution in [1.29, 1.82) is 0 Å². The molecule has 1 aliphatic carbocycles. The summed E-state index contributed by atoms with van der Waals surface area (Å²) in [6.07, 6.45) is 7.26. The predicted molar refractivity (Wildman–Crippen MR) is 65.1 cm³/mol. The lowest BCUT2D eigenvalue weighted by Gasteiger charge is -2.40. The first-order valence-corrected chi connectivity index (χ1v) is 6.70. The van der Waals surface area contributed by atoms with E-state index in [0.717, 1.165) is 6.04 Å². The summed E-state index contributed by atoms with van der Waals surface area (Å²) in [5, 5.41) is 3.48. The fourth-order valence-corrected chi connectivity index (χ4v) is 3.30. The predicted octanol–water partition coefficient (Wildman–Crippen LogP) is 2.25. The van der Waals surface area contributed by atoms with Crippen LogP contribution in [0.3, 0.4) is 0 Å². The summed E-state index contributed by atoms with van der Waals surface area (Å²) in [5.41, 5.74) is 0.672. The van der Waals surface area contributed by atoms with Crippen LogP contribution in [0.1, 0.15) is 46.0 Å². The Morgan fingerprint density at radius 3 is 2.67 bits per heavy atom. The molecule has 0 aromatic carbocycles. The normalized spacial score (nSPS) is 32.0. The van der Waals surface area contributed by atoms with Crippen molar-refractivity contribution < 1.29 is 0 Å². The van der Waals surface area contributed by atoms with Crippen LogP contribution in [-0.2, 0) is 0 Å². The number of hydrogen-bond acceptors (Lipinski definition) is 2. The number of hydrogen-bond donors (Lipinski definition) is 1. The van der Waals surface area contributed by atoms with Gasteiger partial charge in [-0.15, -0.1) is 0 Å². The average Bonchev–Trinajstić information content (AvgIpc) is 2.71. The second-order valence-corrected chi connectivity index (χ2v) is 5.58. The van der Waals surface area contributed by atoms with Gasteiger partial charge in [-0.2, -0.15) is 0 Å². The maximum absolute atomic E-state index is 3.48. The number of nitrogens with zero attached hydrogens (tertiary/aromatic N) is 1. The molecular weight excluding hydrogens is 184 g/mol. The summed E-state index contributed by atoms with van der Waals surface area (Å²) in [6, 6.07) is 0.739. The van der Waals surface area contributed by atoms with E-state index in [1.54, 1.807) is 0 Å². The smallest absolute Gasteiger partial charge is 0.0193 e. The summed E-state index contributed by atoms with van der Waals surface area (Å²) < 4.78 is 0. The van der Waals surface area contributed by atoms with Crippen LogP contribution in [0.25, 0.3) is 0 Å². The van der Waals surface area contributed by atoms with E-state index in [-0.39, 0.29) is 0 Å². The van der Waals surface area contributed by atoms with Gasteiger partial charge in [-0.05, 0) is 31.6 Å². The molecule has 0 aromatic heterocycles. The molecule has 2 aliphatic rings. The largest absolute Gasteiger partial charge is 0.314 e. The molecule has 0 radical (unpaired) electrons. The van der Waals surface area contributed by atoms with Gasteiger partial charge in [-0.1, -0.05) is 19.8 Å². The van der Waals surface area contributed by atoms with Gasteiger partial charge in [-0.3, -0.25) is 4.90 Å². The van der Waals surface area contributed by atoms with Crippen molar-refractivity contribution in [2.24, 2.45) is 5.41 Å². The average molecular weight is 210 g/mol. The van der Waals surface area contributed by atoms with Crippen molar-refractivity contribution in [1.82, 2.24) is 10.2 Å². The molecule has 1 saturated heterocycles. The van der Waals surface area contributed by atoms with Crippen molar-refractivity contribution in [2.75, 3.05) is 26.2 Å². The highest BCUT2D eigenvalue weighted by molar-refractivity contribution is 4.89. The topological polar surface area (TPSA) is 15.3 Å². The van der Waals surface area contributed by atoms with Gasteiger partial charge >= 0.3 is 0 Å². The molecule has 0 aromatic rings. The molecule has 1 atom stereocenters. The minimum atomic E-state index is 0.672. The molecule has 2 fully saturated rings. The van der Waals surface area contributed by atoms with E-state index in [0.29, 0.717) is 5.41 Å². The van der Waals surface area contributed by atoms with E-state index in [1.165, 1.54) is 58.3 Å². The first kappa shape index (κ1) is 11.4. The Hall–Kier alpha value is -0.0800. The third-order valence-corrected chi connectivity index (χ3v) is 4.59. The van der Waals surface area contributed by atoms with E-state index in [1.807, 2.05) is 0 Å². The van der Waals surface area contributed by atoms with Crippen LogP contribution < -0.4 is 5.32 Å². The van der Waals surface area contributed by atoms with Gasteiger partial charge in [0.05, 0.1) is 0 Å². The van der Waals surface area contributed by atoms with Crippen LogP contribution in [-0.4, -0.2) is 37.1 Å². The molecule has 1 N–H and O–H groups in total. The monoisotopic (exact) mass is 210 g/mol. The maximum atomic E-state index is 3.48. The SMILES string of the molecule is CCC1(CN2CCNCC2C)CCCC1. The minimum absolute atomic E-state index is 0.672. The number of piperazine rings is 1. The molecule has 15 heavy (non-hydrogen) atoms. The minimum Gasteiger partial charge on any atom is -0.314 e. The molecule has 0 amide bonds. The van der Waals surface area contributed by atoms with Gasteiger partial charge in [-0.25, -0.2) is 0 Å². The lowest BCUT2D eigenvalue weighted by atomic mass is 9.82. The molecule has 88 valence electrons. The molecule has 1 saturated carbocycles. The molecule has 1 unspecified atom stereocenters. The van der Waals surface area contributed by atoms with Crippen LogP contribution in [0.2, 0.25) is 0 Å². The summed E-state index contributed by atoms with van der Waals surface area (Å²) >= 11 is 0. The van der Waals surface area contributed by atoms with Crippen LogP contribution in [0.15, 0.2) is 0 Å². The zero-order valence-corrected chi connectivity index (χ0v) is 10.4. The Bertz CT molecular complexity index is 197. The number of nitrogens with one attached hydrogen (secondary N) is 1. The Morgan fingerprint density at radius 1 is 1.33 bits per heavy atom. The third kappa shape index (κ3) is 2.54. The van der Waals surface area contributed by atoms with Crippen molar-refractivity contribution >= 4 is 0 Å². The highest BCUT2D eigenvalue weighted by atomic mass is 15.2. The summed E-state index contributed by atoms with van der Waals surface area (Å²) in [7, 11) is 0. The van der Waals surface area contributed by atoms with Crippen LogP contribution in [0, 0.1) is 5.41 Å². The molecule has 0 spiro atoms. The van der Waals surface area contributed by atoms with Gasteiger partial charge in [0.15, 0.2) is 0 Å². The van der Waals surface area contributed by atoms with Crippen molar-refractivity contribution in [3.8, 4) is 0 Å². The fraction of sp³-hybridized carbons (Fsp3) is 1.00.